The molecular weight excluding hydrogens is 152 g/mol. The molecule has 0 aromatic heterocycles. The van der Waals surface area contributed by atoms with E-state index in [1.54, 1.807) is 7.11 Å². The van der Waals surface area contributed by atoms with Crippen LogP contribution in [0.2, 0.25) is 0 Å². The molecule has 0 aromatic carbocycles. The number of methoxy groups -OCH3 is 1. The molecule has 3 heteroatoms. The van der Waals surface area contributed by atoms with Gasteiger partial charge in [0.2, 0.25) is 0 Å². The molecule has 0 aliphatic carbocycles. The molecular formula is C9H22N2O. The largest absolute Gasteiger partial charge is 0.385 e. The quantitative estimate of drug-likeness (QED) is 0.617. The molecule has 0 aliphatic heterocycles. The zero-order valence-corrected chi connectivity index (χ0v) is 8.55. The number of likely N-dealkylation sites (N-methyl/N-ethyl adjacent to an activating group) is 1. The van der Waals surface area contributed by atoms with E-state index in [2.05, 4.69) is 18.9 Å². The zero-order chi connectivity index (χ0) is 9.40. The molecule has 0 aromatic rings. The predicted octanol–water partition coefficient (Wildman–Crippen LogP) is 0.692. The number of ether oxygens (including phenoxy) is 1. The second-order valence-corrected chi connectivity index (χ2v) is 3.30. The summed E-state index contributed by atoms with van der Waals surface area (Å²) >= 11 is 0. The Morgan fingerprint density at radius 1 is 1.50 bits per heavy atom. The van der Waals surface area contributed by atoms with Gasteiger partial charge in [-0.3, -0.25) is 0 Å². The molecule has 0 rings (SSSR count). The van der Waals surface area contributed by atoms with Crippen LogP contribution < -0.4 is 5.73 Å². The Labute approximate surface area is 75.9 Å². The average molecular weight is 174 g/mol. The average Bonchev–Trinajstić information content (AvgIpc) is 2.01. The van der Waals surface area contributed by atoms with Crippen LogP contribution in [-0.4, -0.2) is 44.8 Å². The topological polar surface area (TPSA) is 38.5 Å². The molecule has 12 heavy (non-hydrogen) atoms. The lowest BCUT2D eigenvalue weighted by Gasteiger charge is -2.20. The van der Waals surface area contributed by atoms with Gasteiger partial charge in [-0.15, -0.1) is 0 Å². The highest BCUT2D eigenvalue weighted by molar-refractivity contribution is 4.65. The predicted molar refractivity (Wildman–Crippen MR) is 52.3 cm³/mol. The molecule has 2 N–H and O–H groups in total. The van der Waals surface area contributed by atoms with Crippen LogP contribution in [-0.2, 0) is 4.74 Å². The van der Waals surface area contributed by atoms with E-state index in [1.807, 2.05) is 0 Å². The number of nitrogens with two attached hydrogens (primary N) is 1. The third kappa shape index (κ3) is 6.58. The molecule has 0 bridgehead atoms. The third-order valence-corrected chi connectivity index (χ3v) is 1.84. The van der Waals surface area contributed by atoms with Crippen LogP contribution in [0.3, 0.4) is 0 Å². The Morgan fingerprint density at radius 2 is 2.17 bits per heavy atom. The van der Waals surface area contributed by atoms with Crippen molar-refractivity contribution in [3.8, 4) is 0 Å². The summed E-state index contributed by atoms with van der Waals surface area (Å²) in [6.45, 7) is 5.04. The number of rotatable bonds is 7. The fraction of sp³-hybridized carbons (Fsp3) is 1.00. The van der Waals surface area contributed by atoms with E-state index in [-0.39, 0.29) is 6.04 Å². The fourth-order valence-corrected chi connectivity index (χ4v) is 1.23. The molecule has 3 nitrogen and oxygen atoms in total. The maximum absolute atomic E-state index is 5.87. The number of nitrogens with zero attached hydrogens (tertiary/aromatic N) is 1. The molecule has 1 atom stereocenters. The van der Waals surface area contributed by atoms with Crippen molar-refractivity contribution < 1.29 is 4.74 Å². The molecule has 0 saturated heterocycles. The fourth-order valence-electron chi connectivity index (χ4n) is 1.23. The monoisotopic (exact) mass is 174 g/mol. The molecule has 0 amide bonds. The highest BCUT2D eigenvalue weighted by Crippen LogP contribution is 1.93. The lowest BCUT2D eigenvalue weighted by molar-refractivity contribution is 0.179. The van der Waals surface area contributed by atoms with Gasteiger partial charge in [0.1, 0.15) is 0 Å². The van der Waals surface area contributed by atoms with E-state index >= 15 is 0 Å². The Morgan fingerprint density at radius 3 is 2.67 bits per heavy atom. The first-order valence-electron chi connectivity index (χ1n) is 4.63. The van der Waals surface area contributed by atoms with Crippen LogP contribution >= 0.6 is 0 Å². The molecule has 0 radical (unpaired) electrons. The smallest absolute Gasteiger partial charge is 0.0477 e. The summed E-state index contributed by atoms with van der Waals surface area (Å²) in [6, 6.07) is 0.251. The number of hydrogen-bond acceptors (Lipinski definition) is 3. The molecule has 0 aliphatic rings. The highest BCUT2D eigenvalue weighted by atomic mass is 16.5. The third-order valence-electron chi connectivity index (χ3n) is 1.84. The molecule has 74 valence electrons. The van der Waals surface area contributed by atoms with Gasteiger partial charge in [0.05, 0.1) is 0 Å². The Kier molecular flexibility index (Phi) is 7.45. The van der Waals surface area contributed by atoms with Gasteiger partial charge in [0.25, 0.3) is 0 Å². The second kappa shape index (κ2) is 7.53. The van der Waals surface area contributed by atoms with Gasteiger partial charge in [0.15, 0.2) is 0 Å². The normalized spacial score (nSPS) is 13.8. The maximum Gasteiger partial charge on any atom is 0.0477 e. The molecule has 0 fully saturated rings. The first-order chi connectivity index (χ1) is 5.70. The van der Waals surface area contributed by atoms with Gasteiger partial charge in [-0.05, 0) is 26.4 Å². The first kappa shape index (κ1) is 11.9. The lowest BCUT2D eigenvalue weighted by atomic mass is 10.2. The molecule has 0 spiro atoms. The summed E-state index contributed by atoms with van der Waals surface area (Å²) in [7, 11) is 3.82. The highest BCUT2D eigenvalue weighted by Gasteiger charge is 2.04. The molecule has 0 heterocycles. The summed E-state index contributed by atoms with van der Waals surface area (Å²) in [5.74, 6) is 0. The first-order valence-corrected chi connectivity index (χ1v) is 4.63. The van der Waals surface area contributed by atoms with E-state index in [4.69, 9.17) is 10.5 Å². The van der Waals surface area contributed by atoms with Gasteiger partial charge in [-0.25, -0.2) is 0 Å². The van der Waals surface area contributed by atoms with Gasteiger partial charge < -0.3 is 15.4 Å². The Bertz CT molecular complexity index is 98.5. The van der Waals surface area contributed by atoms with Crippen molar-refractivity contribution in [3.63, 3.8) is 0 Å². The second-order valence-electron chi connectivity index (χ2n) is 3.30. The van der Waals surface area contributed by atoms with Gasteiger partial charge in [0, 0.05) is 26.3 Å². The van der Waals surface area contributed by atoms with Gasteiger partial charge in [-0.2, -0.15) is 0 Å². The van der Waals surface area contributed by atoms with Crippen LogP contribution in [0.1, 0.15) is 19.8 Å². The van der Waals surface area contributed by atoms with Crippen molar-refractivity contribution >= 4 is 0 Å². The minimum Gasteiger partial charge on any atom is -0.385 e. The molecule has 0 saturated carbocycles. The van der Waals surface area contributed by atoms with Crippen molar-refractivity contribution in [3.05, 3.63) is 0 Å². The van der Waals surface area contributed by atoms with Crippen LogP contribution in [0.25, 0.3) is 0 Å². The van der Waals surface area contributed by atoms with Gasteiger partial charge in [-0.1, -0.05) is 6.92 Å². The van der Waals surface area contributed by atoms with Crippen molar-refractivity contribution in [1.29, 1.82) is 0 Å². The maximum atomic E-state index is 5.87. The van der Waals surface area contributed by atoms with E-state index in [0.717, 1.165) is 26.1 Å². The SMILES string of the molecule is CCCN(C)CC(N)CCOC. The standard InChI is InChI=1S/C9H22N2O/c1-4-6-11(2)8-9(10)5-7-12-3/h9H,4-8,10H2,1-3H3. The Hall–Kier alpha value is -0.120. The summed E-state index contributed by atoms with van der Waals surface area (Å²) in [5, 5.41) is 0. The number of hydrogen-bond donors (Lipinski definition) is 1. The summed E-state index contributed by atoms with van der Waals surface area (Å²) in [5.41, 5.74) is 5.87. The van der Waals surface area contributed by atoms with E-state index in [0.29, 0.717) is 0 Å². The summed E-state index contributed by atoms with van der Waals surface area (Å²) < 4.78 is 4.96. The van der Waals surface area contributed by atoms with Crippen LogP contribution in [0.5, 0.6) is 0 Å². The van der Waals surface area contributed by atoms with Gasteiger partial charge >= 0.3 is 0 Å². The minimum absolute atomic E-state index is 0.251. The van der Waals surface area contributed by atoms with Crippen LogP contribution in [0.4, 0.5) is 0 Å². The Balaban J connectivity index is 3.33. The van der Waals surface area contributed by atoms with E-state index in [1.165, 1.54) is 6.42 Å². The zero-order valence-electron chi connectivity index (χ0n) is 8.55. The molecule has 1 unspecified atom stereocenters. The summed E-state index contributed by atoms with van der Waals surface area (Å²) in [6.07, 6.45) is 2.14. The summed E-state index contributed by atoms with van der Waals surface area (Å²) in [4.78, 5) is 2.26. The minimum atomic E-state index is 0.251. The van der Waals surface area contributed by atoms with Crippen molar-refractivity contribution in [2.75, 3.05) is 33.9 Å². The van der Waals surface area contributed by atoms with Crippen molar-refractivity contribution in [1.82, 2.24) is 4.90 Å². The van der Waals surface area contributed by atoms with Crippen molar-refractivity contribution in [2.45, 2.75) is 25.8 Å². The van der Waals surface area contributed by atoms with Crippen LogP contribution in [0.15, 0.2) is 0 Å². The van der Waals surface area contributed by atoms with E-state index < -0.39 is 0 Å². The lowest BCUT2D eigenvalue weighted by Crippen LogP contribution is -2.36. The van der Waals surface area contributed by atoms with Crippen LogP contribution in [0, 0.1) is 0 Å². The van der Waals surface area contributed by atoms with Crippen molar-refractivity contribution in [2.24, 2.45) is 5.73 Å². The van der Waals surface area contributed by atoms with E-state index in [9.17, 15) is 0 Å².